The molecule has 0 atom stereocenters. The van der Waals surface area contributed by atoms with E-state index in [0.29, 0.717) is 0 Å². The lowest BCUT2D eigenvalue weighted by molar-refractivity contribution is -0.238. The molecule has 0 N–H and O–H groups in total. The molecule has 5 nitrogen and oxygen atoms in total. The maximum Gasteiger partial charge on any atom is 0.268 e. The van der Waals surface area contributed by atoms with Gasteiger partial charge >= 0.3 is 0 Å². The molecule has 2 amide bonds. The molecule has 0 aromatic heterocycles. The summed E-state index contributed by atoms with van der Waals surface area (Å²) in [5.41, 5.74) is -0.571. The molecule has 0 aromatic rings. The number of halogens is 1. The van der Waals surface area contributed by atoms with E-state index in [0.717, 1.165) is 15.5 Å². The Labute approximate surface area is 120 Å². The molecule has 6 heteroatoms. The SMILES string of the molecule is CC1(C)C=C(CN2C(=O)C=C(Br)C2=O)C(C)(C)N1[O]. The number of nitrogens with zero attached hydrogens (tertiary/aromatic N) is 2. The highest BCUT2D eigenvalue weighted by Gasteiger charge is 2.47. The molecule has 19 heavy (non-hydrogen) atoms. The monoisotopic (exact) mass is 327 g/mol. The first-order valence-electron chi connectivity index (χ1n) is 6.00. The van der Waals surface area contributed by atoms with Crippen LogP contribution in [-0.4, -0.2) is 39.4 Å². The molecule has 2 aliphatic rings. The van der Waals surface area contributed by atoms with Crippen molar-refractivity contribution in [1.29, 1.82) is 0 Å². The fourth-order valence-corrected chi connectivity index (χ4v) is 2.96. The highest BCUT2D eigenvalue weighted by Crippen LogP contribution is 2.39. The van der Waals surface area contributed by atoms with Gasteiger partial charge in [0.1, 0.15) is 0 Å². The van der Waals surface area contributed by atoms with E-state index < -0.39 is 11.1 Å². The second kappa shape index (κ2) is 4.26. The van der Waals surface area contributed by atoms with Gasteiger partial charge < -0.3 is 0 Å². The maximum absolute atomic E-state index is 12.2. The lowest BCUT2D eigenvalue weighted by atomic mass is 9.96. The van der Waals surface area contributed by atoms with E-state index in [2.05, 4.69) is 15.9 Å². The van der Waals surface area contributed by atoms with E-state index in [9.17, 15) is 14.8 Å². The van der Waals surface area contributed by atoms with Gasteiger partial charge in [0.15, 0.2) is 0 Å². The summed E-state index contributed by atoms with van der Waals surface area (Å²) in [6.45, 7) is 7.38. The van der Waals surface area contributed by atoms with Gasteiger partial charge in [-0.05, 0) is 49.2 Å². The number of hydrogen-bond donors (Lipinski definition) is 0. The molecule has 103 valence electrons. The lowest BCUT2D eigenvalue weighted by Gasteiger charge is -2.34. The van der Waals surface area contributed by atoms with Gasteiger partial charge in [-0.2, -0.15) is 0 Å². The average Bonchev–Trinajstić information content (AvgIpc) is 2.60. The van der Waals surface area contributed by atoms with Crippen LogP contribution >= 0.6 is 15.9 Å². The maximum atomic E-state index is 12.2. The summed E-state index contributed by atoms with van der Waals surface area (Å²) in [7, 11) is 0. The van der Waals surface area contributed by atoms with E-state index in [1.54, 1.807) is 13.8 Å². The van der Waals surface area contributed by atoms with Gasteiger partial charge in [0.25, 0.3) is 11.8 Å². The van der Waals surface area contributed by atoms with Crippen molar-refractivity contribution < 1.29 is 14.8 Å². The van der Waals surface area contributed by atoms with Crippen LogP contribution in [-0.2, 0) is 14.8 Å². The molecule has 0 fully saturated rings. The Bertz CT molecular complexity index is 520. The lowest BCUT2D eigenvalue weighted by Crippen LogP contribution is -2.48. The number of rotatable bonds is 2. The summed E-state index contributed by atoms with van der Waals surface area (Å²) in [6.07, 6.45) is 3.09. The van der Waals surface area contributed by atoms with Crippen molar-refractivity contribution in [1.82, 2.24) is 9.96 Å². The molecule has 2 rings (SSSR count). The van der Waals surface area contributed by atoms with E-state index in [-0.39, 0.29) is 22.8 Å². The molecule has 2 aliphatic heterocycles. The zero-order valence-electron chi connectivity index (χ0n) is 11.4. The minimum Gasteiger partial charge on any atom is -0.270 e. The van der Waals surface area contributed by atoms with Crippen LogP contribution in [0.1, 0.15) is 27.7 Å². The first-order valence-corrected chi connectivity index (χ1v) is 6.79. The summed E-state index contributed by atoms with van der Waals surface area (Å²) in [5.74, 6) is -0.709. The van der Waals surface area contributed by atoms with E-state index in [1.165, 1.54) is 6.08 Å². The Morgan fingerprint density at radius 2 is 1.79 bits per heavy atom. The van der Waals surface area contributed by atoms with Crippen LogP contribution in [0.15, 0.2) is 22.2 Å². The number of imide groups is 1. The number of carbonyl (C=O) groups excluding carboxylic acids is 2. The third-order valence-corrected chi connectivity index (χ3v) is 4.21. The van der Waals surface area contributed by atoms with E-state index >= 15 is 0 Å². The van der Waals surface area contributed by atoms with Crippen molar-refractivity contribution >= 4 is 27.7 Å². The molecule has 2 heterocycles. The summed E-state index contributed by atoms with van der Waals surface area (Å²) in [5, 5.41) is 13.2. The van der Waals surface area contributed by atoms with Gasteiger partial charge in [0.05, 0.1) is 22.1 Å². The van der Waals surface area contributed by atoms with Gasteiger partial charge in [-0.15, -0.1) is 10.3 Å². The highest BCUT2D eigenvalue weighted by atomic mass is 79.9. The van der Waals surface area contributed by atoms with Gasteiger partial charge in [-0.1, -0.05) is 6.08 Å². The number of hydrogen-bond acceptors (Lipinski definition) is 3. The van der Waals surface area contributed by atoms with Gasteiger partial charge in [0, 0.05) is 6.08 Å². The Balaban J connectivity index is 2.26. The number of carbonyl (C=O) groups is 2. The van der Waals surface area contributed by atoms with E-state index in [4.69, 9.17) is 0 Å². The second-order valence-electron chi connectivity index (χ2n) is 5.90. The molecular formula is C13H16BrN2O3. The largest absolute Gasteiger partial charge is 0.270 e. The zero-order valence-corrected chi connectivity index (χ0v) is 12.9. The van der Waals surface area contributed by atoms with Crippen molar-refractivity contribution in [3.05, 3.63) is 22.2 Å². The molecule has 0 aromatic carbocycles. The molecule has 0 bridgehead atoms. The van der Waals surface area contributed by atoms with Crippen molar-refractivity contribution in [3.8, 4) is 0 Å². The van der Waals surface area contributed by atoms with Crippen LogP contribution in [0.3, 0.4) is 0 Å². The van der Waals surface area contributed by atoms with Crippen molar-refractivity contribution in [2.45, 2.75) is 38.8 Å². The molecule has 0 saturated carbocycles. The standard InChI is InChI=1S/C13H16BrN2O3/c1-12(2)6-8(13(3,4)16(12)19)7-15-10(17)5-9(14)11(15)18/h5-6H,7H2,1-4H3. The summed E-state index contributed by atoms with van der Waals surface area (Å²) in [6, 6.07) is 0. The predicted octanol–water partition coefficient (Wildman–Crippen LogP) is 1.78. The van der Waals surface area contributed by atoms with Crippen LogP contribution in [0.4, 0.5) is 0 Å². The summed E-state index contributed by atoms with van der Waals surface area (Å²) in [4.78, 5) is 24.7. The van der Waals surface area contributed by atoms with Gasteiger partial charge in [-0.25, -0.2) is 0 Å². The van der Waals surface area contributed by atoms with Gasteiger partial charge in [0.2, 0.25) is 0 Å². The molecule has 0 spiro atoms. The predicted molar refractivity (Wildman–Crippen MR) is 72.5 cm³/mol. The third kappa shape index (κ3) is 2.17. The van der Waals surface area contributed by atoms with Crippen LogP contribution in [0.2, 0.25) is 0 Å². The topological polar surface area (TPSA) is 60.5 Å². The average molecular weight is 328 g/mol. The van der Waals surface area contributed by atoms with E-state index in [1.807, 2.05) is 19.9 Å². The Morgan fingerprint density at radius 3 is 2.16 bits per heavy atom. The molecule has 0 unspecified atom stereocenters. The summed E-state index contributed by atoms with van der Waals surface area (Å²) >= 11 is 3.05. The number of amides is 2. The first-order chi connectivity index (χ1) is 8.57. The van der Waals surface area contributed by atoms with Crippen molar-refractivity contribution in [3.63, 3.8) is 0 Å². The highest BCUT2D eigenvalue weighted by molar-refractivity contribution is 9.12. The first kappa shape index (κ1) is 14.4. The quantitative estimate of drug-likeness (QED) is 0.573. The fraction of sp³-hybridized carbons (Fsp3) is 0.538. The summed E-state index contributed by atoms with van der Waals surface area (Å²) < 4.78 is 0.257. The second-order valence-corrected chi connectivity index (χ2v) is 6.75. The Hall–Kier alpha value is -0.980. The molecule has 1 radical (unpaired) electrons. The molecule has 0 aliphatic carbocycles. The van der Waals surface area contributed by atoms with Crippen LogP contribution < -0.4 is 0 Å². The normalized spacial score (nSPS) is 25.9. The van der Waals surface area contributed by atoms with Crippen LogP contribution in [0, 0.1) is 0 Å². The van der Waals surface area contributed by atoms with Crippen molar-refractivity contribution in [2.24, 2.45) is 0 Å². The number of hydroxylamine groups is 2. The zero-order chi connectivity index (χ0) is 14.6. The fourth-order valence-electron chi connectivity index (χ4n) is 2.55. The minimum absolute atomic E-state index is 0.151. The third-order valence-electron chi connectivity index (χ3n) is 3.64. The Morgan fingerprint density at radius 1 is 1.21 bits per heavy atom. The minimum atomic E-state index is -0.723. The van der Waals surface area contributed by atoms with Gasteiger partial charge in [-0.3, -0.25) is 14.5 Å². The molecular weight excluding hydrogens is 312 g/mol. The molecule has 0 saturated heterocycles. The van der Waals surface area contributed by atoms with Crippen LogP contribution in [0.5, 0.6) is 0 Å². The smallest absolute Gasteiger partial charge is 0.268 e. The van der Waals surface area contributed by atoms with Crippen molar-refractivity contribution in [2.75, 3.05) is 6.54 Å². The van der Waals surface area contributed by atoms with Crippen LogP contribution in [0.25, 0.3) is 0 Å². The Kier molecular flexibility index (Phi) is 3.24.